The molecule has 1 aliphatic carbocycles. The van der Waals surface area contributed by atoms with Crippen molar-refractivity contribution >= 4 is 16.9 Å². The molecule has 2 N–H and O–H groups in total. The predicted molar refractivity (Wildman–Crippen MR) is 104 cm³/mol. The molecule has 31 heavy (non-hydrogen) atoms. The SMILES string of the molecule is O=C(O)c1cn(C2CC2)c2c(C(F)(F)F)c(-c3ccc4c(c3)CNC4)c(F)cc2c1=O. The number of rotatable bonds is 3. The summed E-state index contributed by atoms with van der Waals surface area (Å²) < 4.78 is 59.5. The molecule has 0 saturated heterocycles. The molecule has 3 aromatic rings. The summed E-state index contributed by atoms with van der Waals surface area (Å²) in [5.74, 6) is -2.78. The maximum atomic E-state index is 15.2. The fourth-order valence-electron chi connectivity index (χ4n) is 4.29. The Balaban J connectivity index is 1.93. The molecule has 2 aromatic carbocycles. The maximum Gasteiger partial charge on any atom is 0.419 e. The van der Waals surface area contributed by atoms with E-state index in [0.29, 0.717) is 25.9 Å². The molecule has 9 heteroatoms. The first kappa shape index (κ1) is 19.7. The lowest BCUT2D eigenvalue weighted by Gasteiger charge is -2.21. The van der Waals surface area contributed by atoms with Crippen molar-refractivity contribution < 1.29 is 27.5 Å². The monoisotopic (exact) mass is 432 g/mol. The standard InChI is InChI=1S/C22H16F4N2O3/c23-16-6-14-19(28(13-3-4-13)9-15(20(14)29)21(30)31)18(22(24,25)26)17(16)10-1-2-11-7-27-8-12(11)5-10/h1-2,5-6,9,13,27H,3-4,7-8H2,(H,30,31). The van der Waals surface area contributed by atoms with Crippen LogP contribution in [0, 0.1) is 5.82 Å². The lowest BCUT2D eigenvalue weighted by Crippen LogP contribution is -2.22. The van der Waals surface area contributed by atoms with E-state index in [2.05, 4.69) is 5.32 Å². The molecule has 0 radical (unpaired) electrons. The summed E-state index contributed by atoms with van der Waals surface area (Å²) in [6.45, 7) is 1.05. The van der Waals surface area contributed by atoms with E-state index in [1.54, 1.807) is 6.07 Å². The minimum absolute atomic E-state index is 0.0614. The van der Waals surface area contributed by atoms with E-state index in [0.717, 1.165) is 23.4 Å². The largest absolute Gasteiger partial charge is 0.477 e. The van der Waals surface area contributed by atoms with Gasteiger partial charge in [0.05, 0.1) is 16.5 Å². The number of aromatic carboxylic acids is 1. The molecule has 1 saturated carbocycles. The van der Waals surface area contributed by atoms with Crippen molar-refractivity contribution in [3.8, 4) is 11.1 Å². The molecule has 5 rings (SSSR count). The Kier molecular flexibility index (Phi) is 4.23. The Hall–Kier alpha value is -3.20. The molecule has 160 valence electrons. The first-order chi connectivity index (χ1) is 14.7. The zero-order chi connectivity index (χ0) is 22.1. The Morgan fingerprint density at radius 1 is 1.13 bits per heavy atom. The maximum absolute atomic E-state index is 15.2. The number of aromatic nitrogens is 1. The van der Waals surface area contributed by atoms with Gasteiger partial charge < -0.3 is 15.0 Å². The number of nitrogens with one attached hydrogen (secondary N) is 1. The predicted octanol–water partition coefficient (Wildman–Crippen LogP) is 4.46. The van der Waals surface area contributed by atoms with Crippen LogP contribution in [0.4, 0.5) is 17.6 Å². The minimum atomic E-state index is -4.97. The molecule has 1 aromatic heterocycles. The van der Waals surface area contributed by atoms with Crippen LogP contribution < -0.4 is 10.7 Å². The molecule has 0 spiro atoms. The number of fused-ring (bicyclic) bond motifs is 2. The van der Waals surface area contributed by atoms with Gasteiger partial charge in [-0.1, -0.05) is 12.1 Å². The van der Waals surface area contributed by atoms with Crippen LogP contribution in [0.25, 0.3) is 22.0 Å². The summed E-state index contributed by atoms with van der Waals surface area (Å²) in [6, 6.07) is 5.00. The van der Waals surface area contributed by atoms with Gasteiger partial charge in [0.1, 0.15) is 11.4 Å². The van der Waals surface area contributed by atoms with E-state index in [-0.39, 0.29) is 11.6 Å². The van der Waals surface area contributed by atoms with Crippen molar-refractivity contribution in [3.05, 3.63) is 68.8 Å². The van der Waals surface area contributed by atoms with Gasteiger partial charge in [-0.15, -0.1) is 0 Å². The second-order valence-corrected chi connectivity index (χ2v) is 7.90. The topological polar surface area (TPSA) is 71.3 Å². The molecule has 1 fully saturated rings. The summed E-state index contributed by atoms with van der Waals surface area (Å²) in [7, 11) is 0. The number of nitrogens with zero attached hydrogens (tertiary/aromatic N) is 1. The fourth-order valence-corrected chi connectivity index (χ4v) is 4.29. The molecule has 2 aliphatic rings. The number of halogens is 4. The average molecular weight is 432 g/mol. The third-order valence-corrected chi connectivity index (χ3v) is 5.85. The summed E-state index contributed by atoms with van der Waals surface area (Å²) in [5, 5.41) is 11.9. The minimum Gasteiger partial charge on any atom is -0.477 e. The quantitative estimate of drug-likeness (QED) is 0.600. The lowest BCUT2D eigenvalue weighted by molar-refractivity contribution is -0.136. The Morgan fingerprint density at radius 2 is 1.84 bits per heavy atom. The molecule has 0 unspecified atom stereocenters. The van der Waals surface area contributed by atoms with Crippen molar-refractivity contribution in [2.45, 2.75) is 38.1 Å². The van der Waals surface area contributed by atoms with E-state index >= 15 is 4.39 Å². The first-order valence-electron chi connectivity index (χ1n) is 9.71. The van der Waals surface area contributed by atoms with E-state index in [1.165, 1.54) is 16.7 Å². The van der Waals surface area contributed by atoms with Gasteiger partial charge in [-0.2, -0.15) is 13.2 Å². The number of benzene rings is 2. The number of hydrogen-bond acceptors (Lipinski definition) is 3. The number of carbonyl (C=O) groups is 1. The fraction of sp³-hybridized carbons (Fsp3) is 0.273. The highest BCUT2D eigenvalue weighted by molar-refractivity contribution is 5.96. The number of carboxylic acids is 1. The van der Waals surface area contributed by atoms with Gasteiger partial charge in [-0.3, -0.25) is 4.79 Å². The second kappa shape index (κ2) is 6.65. The van der Waals surface area contributed by atoms with Crippen LogP contribution in [-0.4, -0.2) is 15.6 Å². The van der Waals surface area contributed by atoms with E-state index in [9.17, 15) is 27.9 Å². The van der Waals surface area contributed by atoms with Crippen LogP contribution in [0.3, 0.4) is 0 Å². The molecular weight excluding hydrogens is 416 g/mol. The smallest absolute Gasteiger partial charge is 0.419 e. The van der Waals surface area contributed by atoms with Crippen LogP contribution in [-0.2, 0) is 19.3 Å². The zero-order valence-electron chi connectivity index (χ0n) is 16.0. The highest BCUT2D eigenvalue weighted by Gasteiger charge is 2.41. The molecule has 5 nitrogen and oxygen atoms in total. The summed E-state index contributed by atoms with van der Waals surface area (Å²) >= 11 is 0. The van der Waals surface area contributed by atoms with Crippen LogP contribution in [0.1, 0.15) is 45.9 Å². The number of hydrogen-bond donors (Lipinski definition) is 2. The number of pyridine rings is 1. The van der Waals surface area contributed by atoms with Gasteiger partial charge in [0.25, 0.3) is 0 Å². The molecule has 0 atom stereocenters. The molecule has 0 amide bonds. The number of carboxylic acid groups (broad SMARTS) is 1. The van der Waals surface area contributed by atoms with Crippen LogP contribution in [0.5, 0.6) is 0 Å². The molecule has 1 aliphatic heterocycles. The molecular formula is C22H16F4N2O3. The molecule has 2 heterocycles. The first-order valence-corrected chi connectivity index (χ1v) is 9.71. The highest BCUT2D eigenvalue weighted by Crippen LogP contribution is 2.46. The van der Waals surface area contributed by atoms with Gasteiger partial charge in [0.2, 0.25) is 5.43 Å². The average Bonchev–Trinajstić information content (AvgIpc) is 3.43. The lowest BCUT2D eigenvalue weighted by atomic mass is 9.92. The Labute approximate surface area is 172 Å². The Morgan fingerprint density at radius 3 is 2.48 bits per heavy atom. The van der Waals surface area contributed by atoms with Crippen molar-refractivity contribution in [1.29, 1.82) is 0 Å². The van der Waals surface area contributed by atoms with Crippen LogP contribution >= 0.6 is 0 Å². The highest BCUT2D eigenvalue weighted by atomic mass is 19.4. The van der Waals surface area contributed by atoms with Crippen molar-refractivity contribution in [1.82, 2.24) is 9.88 Å². The third-order valence-electron chi connectivity index (χ3n) is 5.85. The van der Waals surface area contributed by atoms with Crippen molar-refractivity contribution in [2.24, 2.45) is 0 Å². The van der Waals surface area contributed by atoms with E-state index in [1.807, 2.05) is 0 Å². The van der Waals surface area contributed by atoms with Gasteiger partial charge in [-0.25, -0.2) is 9.18 Å². The van der Waals surface area contributed by atoms with Gasteiger partial charge >= 0.3 is 12.1 Å². The summed E-state index contributed by atoms with van der Waals surface area (Å²) in [6.07, 6.45) is -2.92. The second-order valence-electron chi connectivity index (χ2n) is 7.90. The summed E-state index contributed by atoms with van der Waals surface area (Å²) in [4.78, 5) is 24.2. The number of alkyl halides is 3. The van der Waals surface area contributed by atoms with Crippen molar-refractivity contribution in [2.75, 3.05) is 0 Å². The van der Waals surface area contributed by atoms with E-state index < -0.39 is 51.0 Å². The van der Waals surface area contributed by atoms with Gasteiger partial charge in [0, 0.05) is 30.9 Å². The normalized spacial score (nSPS) is 16.0. The third kappa shape index (κ3) is 3.11. The van der Waals surface area contributed by atoms with E-state index in [4.69, 9.17) is 0 Å². The van der Waals surface area contributed by atoms with Gasteiger partial charge in [0.15, 0.2) is 0 Å². The molecule has 0 bridgehead atoms. The van der Waals surface area contributed by atoms with Crippen LogP contribution in [0.15, 0.2) is 35.3 Å². The van der Waals surface area contributed by atoms with Crippen molar-refractivity contribution in [3.63, 3.8) is 0 Å². The summed E-state index contributed by atoms with van der Waals surface area (Å²) in [5.41, 5.74) is -2.39. The van der Waals surface area contributed by atoms with Crippen LogP contribution in [0.2, 0.25) is 0 Å². The Bertz CT molecular complexity index is 1320. The van der Waals surface area contributed by atoms with Gasteiger partial charge in [-0.05, 0) is 41.7 Å². The zero-order valence-corrected chi connectivity index (χ0v) is 16.0.